The molecule has 10 heteroatoms. The van der Waals surface area contributed by atoms with Gasteiger partial charge in [0.05, 0.1) is 10.7 Å². The molecule has 0 atom stereocenters. The van der Waals surface area contributed by atoms with E-state index in [1.807, 2.05) is 58.5 Å². The minimum atomic E-state index is -0.0924. The van der Waals surface area contributed by atoms with Crippen LogP contribution in [0.25, 0.3) is 10.6 Å². The van der Waals surface area contributed by atoms with E-state index in [0.29, 0.717) is 38.2 Å². The highest BCUT2D eigenvalue weighted by molar-refractivity contribution is 7.98. The maximum Gasteiger partial charge on any atom is 0.258 e. The highest BCUT2D eigenvalue weighted by Gasteiger charge is 2.16. The quantitative estimate of drug-likeness (QED) is 0.309. The zero-order chi connectivity index (χ0) is 21.9. The number of fused-ring (bicyclic) bond motifs is 1. The molecule has 0 saturated carbocycles. The second kappa shape index (κ2) is 9.15. The van der Waals surface area contributed by atoms with Gasteiger partial charge in [0.25, 0.3) is 5.56 Å². The van der Waals surface area contributed by atoms with Gasteiger partial charge < -0.3 is 4.74 Å². The van der Waals surface area contributed by atoms with Crippen LogP contribution >= 0.6 is 34.7 Å². The maximum absolute atomic E-state index is 12.3. The molecule has 0 aliphatic heterocycles. The number of hydrogen-bond acceptors (Lipinski definition) is 7. The van der Waals surface area contributed by atoms with E-state index >= 15 is 0 Å². The van der Waals surface area contributed by atoms with Crippen LogP contribution in [0.5, 0.6) is 5.75 Å². The van der Waals surface area contributed by atoms with Crippen LogP contribution in [0.3, 0.4) is 0 Å². The van der Waals surface area contributed by atoms with E-state index in [4.69, 9.17) is 16.3 Å². The molecule has 160 valence electrons. The summed E-state index contributed by atoms with van der Waals surface area (Å²) in [5.41, 5.74) is 1.52. The molecule has 2 aromatic carbocycles. The molecule has 0 radical (unpaired) electrons. The summed E-state index contributed by atoms with van der Waals surface area (Å²) in [6.07, 6.45) is 1.73. The third-order valence-corrected chi connectivity index (χ3v) is 6.64. The van der Waals surface area contributed by atoms with Gasteiger partial charge in [-0.05, 0) is 24.3 Å². The highest BCUT2D eigenvalue weighted by atomic mass is 35.5. The summed E-state index contributed by atoms with van der Waals surface area (Å²) < 4.78 is 9.38. The fraction of sp³-hybridized carbons (Fsp3) is 0.0909. The molecule has 0 fully saturated rings. The van der Waals surface area contributed by atoms with Crippen LogP contribution in [0.15, 0.2) is 82.2 Å². The molecule has 5 rings (SSSR count). The van der Waals surface area contributed by atoms with E-state index in [2.05, 4.69) is 15.2 Å². The molecule has 3 aromatic heterocycles. The van der Waals surface area contributed by atoms with Crippen molar-refractivity contribution in [2.24, 2.45) is 0 Å². The molecule has 5 aromatic rings. The van der Waals surface area contributed by atoms with E-state index < -0.39 is 0 Å². The van der Waals surface area contributed by atoms with Gasteiger partial charge in [-0.15, -0.1) is 21.5 Å². The van der Waals surface area contributed by atoms with Crippen LogP contribution in [0.1, 0.15) is 11.5 Å². The molecule has 0 amide bonds. The highest BCUT2D eigenvalue weighted by Crippen LogP contribution is 2.27. The Kier molecular flexibility index (Phi) is 5.93. The summed E-state index contributed by atoms with van der Waals surface area (Å²) in [5, 5.41) is 11.8. The Morgan fingerprint density at radius 1 is 1.06 bits per heavy atom. The number of nitrogens with zero attached hydrogens (tertiary/aromatic N) is 5. The number of ether oxygens (including phenoxy) is 1. The van der Waals surface area contributed by atoms with Gasteiger partial charge in [0.2, 0.25) is 0 Å². The lowest BCUT2D eigenvalue weighted by molar-refractivity contribution is 0.293. The molecular weight excluding hydrogens is 466 g/mol. The smallest absolute Gasteiger partial charge is 0.258 e. The second-order valence-electron chi connectivity index (χ2n) is 6.72. The van der Waals surface area contributed by atoms with E-state index in [-0.39, 0.29) is 12.2 Å². The average Bonchev–Trinajstić information content (AvgIpc) is 3.45. The Bertz CT molecular complexity index is 1430. The van der Waals surface area contributed by atoms with Gasteiger partial charge in [-0.2, -0.15) is 0 Å². The molecule has 0 bridgehead atoms. The standard InChI is InChI=1S/C22H16ClN5O2S2/c23-17-8-4-5-9-18(17)30-13-19-25-26-22(28(19)16-6-2-1-3-7-16)32-14-15-12-20(29)27-10-11-31-21(27)24-15/h1-12H,13-14H2. The van der Waals surface area contributed by atoms with Crippen molar-refractivity contribution in [2.45, 2.75) is 17.5 Å². The van der Waals surface area contributed by atoms with Gasteiger partial charge in [0, 0.05) is 29.1 Å². The number of thioether (sulfide) groups is 1. The maximum atomic E-state index is 12.3. The number of benzene rings is 2. The topological polar surface area (TPSA) is 74.3 Å². The van der Waals surface area contributed by atoms with Crippen LogP contribution in [-0.4, -0.2) is 24.1 Å². The average molecular weight is 482 g/mol. The summed E-state index contributed by atoms with van der Waals surface area (Å²) in [6, 6.07) is 18.7. The predicted molar refractivity (Wildman–Crippen MR) is 126 cm³/mol. The largest absolute Gasteiger partial charge is 0.484 e. The summed E-state index contributed by atoms with van der Waals surface area (Å²) >= 11 is 9.10. The fourth-order valence-corrected chi connectivity index (χ4v) is 4.92. The van der Waals surface area contributed by atoms with Gasteiger partial charge in [-0.25, -0.2) is 4.98 Å². The minimum absolute atomic E-state index is 0.0924. The molecule has 0 N–H and O–H groups in total. The lowest BCUT2D eigenvalue weighted by Crippen LogP contribution is -2.12. The number of para-hydroxylation sites is 2. The summed E-state index contributed by atoms with van der Waals surface area (Å²) in [5.74, 6) is 1.71. The monoisotopic (exact) mass is 481 g/mol. The molecule has 0 spiro atoms. The first-order valence-electron chi connectivity index (χ1n) is 9.65. The van der Waals surface area contributed by atoms with E-state index in [1.54, 1.807) is 18.3 Å². The molecule has 3 heterocycles. The van der Waals surface area contributed by atoms with Gasteiger partial charge in [0.1, 0.15) is 12.4 Å². The molecule has 32 heavy (non-hydrogen) atoms. The minimum Gasteiger partial charge on any atom is -0.484 e. The molecule has 0 aliphatic carbocycles. The number of aromatic nitrogens is 5. The van der Waals surface area contributed by atoms with Gasteiger partial charge in [0.15, 0.2) is 15.9 Å². The second-order valence-corrected chi connectivity index (χ2v) is 8.94. The normalized spacial score (nSPS) is 11.2. The van der Waals surface area contributed by atoms with Crippen molar-refractivity contribution in [3.63, 3.8) is 0 Å². The molecule has 7 nitrogen and oxygen atoms in total. The molecule has 0 saturated heterocycles. The Labute approximate surface area is 196 Å². The first-order valence-corrected chi connectivity index (χ1v) is 11.9. The number of halogens is 1. The van der Waals surface area contributed by atoms with Crippen LogP contribution < -0.4 is 10.3 Å². The third-order valence-electron chi connectivity index (χ3n) is 4.61. The zero-order valence-electron chi connectivity index (χ0n) is 16.6. The SMILES string of the molecule is O=c1cc(CSc2nnc(COc3ccccc3Cl)n2-c2ccccc2)nc2sccn12. The molecular formula is C22H16ClN5O2S2. The predicted octanol–water partition coefficient (Wildman–Crippen LogP) is 4.86. The van der Waals surface area contributed by atoms with Crippen molar-refractivity contribution in [1.82, 2.24) is 24.1 Å². The van der Waals surface area contributed by atoms with Crippen molar-refractivity contribution in [3.8, 4) is 11.4 Å². The Hall–Kier alpha value is -3.14. The van der Waals surface area contributed by atoms with Crippen molar-refractivity contribution >= 4 is 39.7 Å². The molecule has 0 aliphatic rings. The first kappa shape index (κ1) is 20.7. The van der Waals surface area contributed by atoms with Crippen molar-refractivity contribution in [2.75, 3.05) is 0 Å². The third kappa shape index (κ3) is 4.27. The fourth-order valence-electron chi connectivity index (χ4n) is 3.13. The Morgan fingerprint density at radius 3 is 2.72 bits per heavy atom. The van der Waals surface area contributed by atoms with Gasteiger partial charge in [-0.1, -0.05) is 53.7 Å². The first-order chi connectivity index (χ1) is 15.7. The zero-order valence-corrected chi connectivity index (χ0v) is 19.0. The van der Waals surface area contributed by atoms with Crippen molar-refractivity contribution in [3.05, 3.63) is 99.1 Å². The van der Waals surface area contributed by atoms with E-state index in [9.17, 15) is 4.79 Å². The number of hydrogen-bond donors (Lipinski definition) is 0. The van der Waals surface area contributed by atoms with Crippen LogP contribution in [-0.2, 0) is 12.4 Å². The van der Waals surface area contributed by atoms with E-state index in [0.717, 1.165) is 5.69 Å². The summed E-state index contributed by atoms with van der Waals surface area (Å²) in [6.45, 7) is 0.201. The number of rotatable bonds is 7. The van der Waals surface area contributed by atoms with Crippen LogP contribution in [0, 0.1) is 0 Å². The van der Waals surface area contributed by atoms with Crippen LogP contribution in [0.4, 0.5) is 0 Å². The lowest BCUT2D eigenvalue weighted by atomic mass is 10.3. The molecule has 0 unspecified atom stereocenters. The Morgan fingerprint density at radius 2 is 1.88 bits per heavy atom. The lowest BCUT2D eigenvalue weighted by Gasteiger charge is -2.11. The van der Waals surface area contributed by atoms with Gasteiger partial charge >= 0.3 is 0 Å². The van der Waals surface area contributed by atoms with Gasteiger partial charge in [-0.3, -0.25) is 13.8 Å². The number of thiazole rings is 1. The van der Waals surface area contributed by atoms with E-state index in [1.165, 1.54) is 27.5 Å². The Balaban J connectivity index is 1.42. The summed E-state index contributed by atoms with van der Waals surface area (Å²) in [4.78, 5) is 17.5. The summed E-state index contributed by atoms with van der Waals surface area (Å²) in [7, 11) is 0. The van der Waals surface area contributed by atoms with Crippen molar-refractivity contribution < 1.29 is 4.74 Å². The van der Waals surface area contributed by atoms with Crippen molar-refractivity contribution in [1.29, 1.82) is 0 Å². The van der Waals surface area contributed by atoms with Crippen LogP contribution in [0.2, 0.25) is 5.02 Å².